The van der Waals surface area contributed by atoms with Crippen LogP contribution in [-0.4, -0.2) is 51.3 Å². The number of nitrogens with zero attached hydrogens (tertiary/aromatic N) is 4. The van der Waals surface area contributed by atoms with Crippen molar-refractivity contribution in [3.63, 3.8) is 0 Å². The molecule has 1 saturated heterocycles. The molecule has 5 heteroatoms. The van der Waals surface area contributed by atoms with E-state index in [1.54, 1.807) is 0 Å². The smallest absolute Gasteiger partial charge is 0.254 e. The van der Waals surface area contributed by atoms with Gasteiger partial charge in [0.05, 0.1) is 5.69 Å². The zero-order chi connectivity index (χ0) is 21.8. The van der Waals surface area contributed by atoms with Crippen LogP contribution in [0.3, 0.4) is 0 Å². The number of pyridine rings is 1. The number of rotatable bonds is 6. The number of aryl methyl sites for hydroxylation is 2. The molecule has 5 rings (SSSR count). The molecule has 3 heterocycles. The SMILES string of the molecule is O=C(c1ccccc1CCc1ccccc1)N1CCN(Cc2cn3ccccc3n2)CC1. The van der Waals surface area contributed by atoms with Gasteiger partial charge in [-0.25, -0.2) is 4.98 Å². The second-order valence-electron chi connectivity index (χ2n) is 8.41. The molecular weight excluding hydrogens is 396 g/mol. The molecule has 0 aliphatic carbocycles. The topological polar surface area (TPSA) is 40.9 Å². The Labute approximate surface area is 188 Å². The van der Waals surface area contributed by atoms with Gasteiger partial charge in [-0.05, 0) is 42.2 Å². The van der Waals surface area contributed by atoms with Crippen LogP contribution in [0.4, 0.5) is 0 Å². The molecular formula is C27H28N4O. The maximum Gasteiger partial charge on any atom is 0.254 e. The summed E-state index contributed by atoms with van der Waals surface area (Å²) in [5, 5.41) is 0. The molecule has 0 bridgehead atoms. The average molecular weight is 425 g/mol. The Balaban J connectivity index is 1.20. The lowest BCUT2D eigenvalue weighted by atomic mass is 9.99. The number of hydrogen-bond acceptors (Lipinski definition) is 3. The van der Waals surface area contributed by atoms with Crippen molar-refractivity contribution in [3.8, 4) is 0 Å². The van der Waals surface area contributed by atoms with Crippen LogP contribution in [-0.2, 0) is 19.4 Å². The summed E-state index contributed by atoms with van der Waals surface area (Å²) in [7, 11) is 0. The fraction of sp³-hybridized carbons (Fsp3) is 0.259. The molecule has 32 heavy (non-hydrogen) atoms. The van der Waals surface area contributed by atoms with Crippen molar-refractivity contribution < 1.29 is 4.79 Å². The monoisotopic (exact) mass is 424 g/mol. The minimum Gasteiger partial charge on any atom is -0.336 e. The fourth-order valence-corrected chi connectivity index (χ4v) is 4.44. The number of imidazole rings is 1. The number of carbonyl (C=O) groups excluding carboxylic acids is 1. The first-order valence-electron chi connectivity index (χ1n) is 11.3. The third kappa shape index (κ3) is 4.58. The van der Waals surface area contributed by atoms with Crippen LogP contribution in [0.25, 0.3) is 5.65 Å². The van der Waals surface area contributed by atoms with E-state index in [0.29, 0.717) is 0 Å². The first-order valence-corrected chi connectivity index (χ1v) is 11.3. The van der Waals surface area contributed by atoms with Gasteiger partial charge in [0.25, 0.3) is 5.91 Å². The number of fused-ring (bicyclic) bond motifs is 1. The maximum absolute atomic E-state index is 13.3. The average Bonchev–Trinajstić information content (AvgIpc) is 3.26. The molecule has 162 valence electrons. The fourth-order valence-electron chi connectivity index (χ4n) is 4.44. The Morgan fingerprint density at radius 1 is 0.812 bits per heavy atom. The summed E-state index contributed by atoms with van der Waals surface area (Å²) in [5.41, 5.74) is 5.33. The van der Waals surface area contributed by atoms with Crippen molar-refractivity contribution in [1.29, 1.82) is 0 Å². The normalized spacial score (nSPS) is 14.7. The summed E-state index contributed by atoms with van der Waals surface area (Å²) in [6.45, 7) is 4.05. The number of hydrogen-bond donors (Lipinski definition) is 0. The third-order valence-electron chi connectivity index (χ3n) is 6.23. The largest absolute Gasteiger partial charge is 0.336 e. The van der Waals surface area contributed by atoms with Gasteiger partial charge in [0.15, 0.2) is 0 Å². The third-order valence-corrected chi connectivity index (χ3v) is 6.23. The second-order valence-corrected chi connectivity index (χ2v) is 8.41. The summed E-state index contributed by atoms with van der Waals surface area (Å²) in [6.07, 6.45) is 5.94. The molecule has 5 nitrogen and oxygen atoms in total. The van der Waals surface area contributed by atoms with E-state index in [4.69, 9.17) is 4.98 Å². The van der Waals surface area contributed by atoms with Crippen molar-refractivity contribution >= 4 is 11.6 Å². The summed E-state index contributed by atoms with van der Waals surface area (Å²) in [4.78, 5) is 22.4. The minimum atomic E-state index is 0.154. The lowest BCUT2D eigenvalue weighted by Gasteiger charge is -2.34. The molecule has 4 aromatic rings. The van der Waals surface area contributed by atoms with Crippen LogP contribution in [0.15, 0.2) is 85.2 Å². The predicted molar refractivity (Wildman–Crippen MR) is 127 cm³/mol. The van der Waals surface area contributed by atoms with E-state index < -0.39 is 0 Å². The molecule has 0 atom stereocenters. The summed E-state index contributed by atoms with van der Waals surface area (Å²) in [5.74, 6) is 0.154. The Morgan fingerprint density at radius 2 is 1.56 bits per heavy atom. The van der Waals surface area contributed by atoms with Gasteiger partial charge < -0.3 is 9.30 Å². The Hall–Kier alpha value is -3.44. The quantitative estimate of drug-likeness (QED) is 0.468. The predicted octanol–water partition coefficient (Wildman–Crippen LogP) is 4.08. The number of amides is 1. The summed E-state index contributed by atoms with van der Waals surface area (Å²) < 4.78 is 2.06. The lowest BCUT2D eigenvalue weighted by molar-refractivity contribution is 0.0626. The highest BCUT2D eigenvalue weighted by Crippen LogP contribution is 2.17. The van der Waals surface area contributed by atoms with Gasteiger partial charge in [-0.1, -0.05) is 54.6 Å². The van der Waals surface area contributed by atoms with E-state index in [2.05, 4.69) is 45.8 Å². The molecule has 0 unspecified atom stereocenters. The molecule has 1 aliphatic heterocycles. The molecule has 1 fully saturated rings. The molecule has 1 amide bonds. The number of benzene rings is 2. The van der Waals surface area contributed by atoms with Crippen molar-refractivity contribution in [3.05, 3.63) is 108 Å². The van der Waals surface area contributed by atoms with Crippen LogP contribution < -0.4 is 0 Å². The van der Waals surface area contributed by atoms with E-state index >= 15 is 0 Å². The number of aromatic nitrogens is 2. The molecule has 2 aromatic carbocycles. The van der Waals surface area contributed by atoms with Crippen molar-refractivity contribution in [1.82, 2.24) is 19.2 Å². The summed E-state index contributed by atoms with van der Waals surface area (Å²) in [6, 6.07) is 24.6. The van der Waals surface area contributed by atoms with Crippen molar-refractivity contribution in [2.75, 3.05) is 26.2 Å². The minimum absolute atomic E-state index is 0.154. The molecule has 0 saturated carbocycles. The van der Waals surface area contributed by atoms with E-state index in [1.165, 1.54) is 5.56 Å². The lowest BCUT2D eigenvalue weighted by Crippen LogP contribution is -2.48. The number of piperazine rings is 1. The first kappa shape index (κ1) is 20.5. The van der Waals surface area contributed by atoms with Gasteiger partial charge in [0.2, 0.25) is 0 Å². The Kier molecular flexibility index (Phi) is 5.99. The zero-order valence-corrected chi connectivity index (χ0v) is 18.2. The van der Waals surface area contributed by atoms with E-state index in [0.717, 1.165) is 68.0 Å². The van der Waals surface area contributed by atoms with Crippen molar-refractivity contribution in [2.45, 2.75) is 19.4 Å². The Bertz CT molecular complexity index is 1160. The molecule has 0 N–H and O–H groups in total. The van der Waals surface area contributed by atoms with E-state index in [9.17, 15) is 4.79 Å². The van der Waals surface area contributed by atoms with Crippen LogP contribution in [0.1, 0.15) is 27.2 Å². The first-order chi connectivity index (χ1) is 15.8. The second kappa shape index (κ2) is 9.37. The van der Waals surface area contributed by atoms with E-state index in [1.807, 2.05) is 53.6 Å². The zero-order valence-electron chi connectivity index (χ0n) is 18.2. The highest BCUT2D eigenvalue weighted by atomic mass is 16.2. The molecule has 0 spiro atoms. The molecule has 1 aliphatic rings. The van der Waals surface area contributed by atoms with Crippen molar-refractivity contribution in [2.24, 2.45) is 0 Å². The highest BCUT2D eigenvalue weighted by Gasteiger charge is 2.24. The standard InChI is InChI=1S/C27H28N4O/c32-27(25-11-5-4-10-23(25)14-13-22-8-2-1-3-9-22)30-18-16-29(17-19-30)20-24-21-31-15-7-6-12-26(31)28-24/h1-12,15,21H,13-14,16-20H2. The van der Waals surface area contributed by atoms with Gasteiger partial charge in [0, 0.05) is 50.7 Å². The summed E-state index contributed by atoms with van der Waals surface area (Å²) >= 11 is 0. The van der Waals surface area contributed by atoms with Gasteiger partial charge in [-0.3, -0.25) is 9.69 Å². The van der Waals surface area contributed by atoms with Crippen LogP contribution in [0, 0.1) is 0 Å². The Morgan fingerprint density at radius 3 is 2.38 bits per heavy atom. The van der Waals surface area contributed by atoms with Gasteiger partial charge in [0.1, 0.15) is 5.65 Å². The number of carbonyl (C=O) groups is 1. The molecule has 0 radical (unpaired) electrons. The van der Waals surface area contributed by atoms with Gasteiger partial charge in [-0.2, -0.15) is 0 Å². The van der Waals surface area contributed by atoms with Crippen LogP contribution in [0.5, 0.6) is 0 Å². The maximum atomic E-state index is 13.3. The molecule has 2 aromatic heterocycles. The van der Waals surface area contributed by atoms with E-state index in [-0.39, 0.29) is 5.91 Å². The van der Waals surface area contributed by atoms with Crippen LogP contribution >= 0.6 is 0 Å². The highest BCUT2D eigenvalue weighted by molar-refractivity contribution is 5.95. The van der Waals surface area contributed by atoms with Gasteiger partial charge in [-0.15, -0.1) is 0 Å². The van der Waals surface area contributed by atoms with Crippen LogP contribution in [0.2, 0.25) is 0 Å². The van der Waals surface area contributed by atoms with Gasteiger partial charge >= 0.3 is 0 Å².